The molecule has 3 rings (SSSR count). The Balaban J connectivity index is 1.72. The van der Waals surface area contributed by atoms with Gasteiger partial charge in [0.2, 0.25) is 5.91 Å². The van der Waals surface area contributed by atoms with Crippen LogP contribution in [0.3, 0.4) is 0 Å². The van der Waals surface area contributed by atoms with Crippen LogP contribution in [0, 0.1) is 0 Å². The van der Waals surface area contributed by atoms with Gasteiger partial charge in [0.15, 0.2) is 0 Å². The predicted molar refractivity (Wildman–Crippen MR) is 93.5 cm³/mol. The van der Waals surface area contributed by atoms with Gasteiger partial charge in [-0.05, 0) is 49.4 Å². The van der Waals surface area contributed by atoms with Crippen LogP contribution in [0.25, 0.3) is 0 Å². The molecular weight excluding hydrogens is 349 g/mol. The van der Waals surface area contributed by atoms with Crippen LogP contribution >= 0.6 is 23.2 Å². The molecule has 2 aromatic rings. The molecule has 5 nitrogen and oxygen atoms in total. The van der Waals surface area contributed by atoms with E-state index >= 15 is 0 Å². The van der Waals surface area contributed by atoms with Crippen LogP contribution < -0.4 is 10.9 Å². The van der Waals surface area contributed by atoms with Crippen LogP contribution in [-0.4, -0.2) is 15.7 Å². The summed E-state index contributed by atoms with van der Waals surface area (Å²) in [6.07, 6.45) is 2.74. The molecule has 1 amide bonds. The fourth-order valence-corrected chi connectivity index (χ4v) is 3.27. The molecule has 1 unspecified atom stereocenters. The predicted octanol–water partition coefficient (Wildman–Crippen LogP) is 2.92. The lowest BCUT2D eigenvalue weighted by atomic mass is 10.2. The Kier molecular flexibility index (Phi) is 4.92. The number of nitrogens with one attached hydrogen (secondary N) is 1. The van der Waals surface area contributed by atoms with Gasteiger partial charge in [-0.3, -0.25) is 9.59 Å². The summed E-state index contributed by atoms with van der Waals surface area (Å²) in [6.45, 7) is 1.92. The van der Waals surface area contributed by atoms with Gasteiger partial charge in [-0.1, -0.05) is 29.3 Å². The van der Waals surface area contributed by atoms with Crippen LogP contribution in [0.1, 0.15) is 36.2 Å². The highest BCUT2D eigenvalue weighted by atomic mass is 35.5. The molecule has 1 aromatic carbocycles. The maximum Gasteiger partial charge on any atom is 0.267 e. The Labute approximate surface area is 149 Å². The average Bonchev–Trinajstić information content (AvgIpc) is 2.99. The molecule has 0 saturated carbocycles. The Bertz CT molecular complexity index is 848. The minimum Gasteiger partial charge on any atom is -0.350 e. The molecule has 1 aliphatic rings. The molecule has 1 atom stereocenters. The first-order valence-electron chi connectivity index (χ1n) is 7.79. The topological polar surface area (TPSA) is 64.0 Å². The highest BCUT2D eigenvalue weighted by Gasteiger charge is 2.21. The van der Waals surface area contributed by atoms with E-state index in [4.69, 9.17) is 23.2 Å². The summed E-state index contributed by atoms with van der Waals surface area (Å²) in [5.41, 5.74) is 2.42. The molecule has 1 aliphatic carbocycles. The van der Waals surface area contributed by atoms with Gasteiger partial charge in [-0.2, -0.15) is 5.10 Å². The lowest BCUT2D eigenvalue weighted by Crippen LogP contribution is -2.37. The molecule has 1 aromatic heterocycles. The number of carbonyl (C=O) groups excluding carboxylic acids is 1. The van der Waals surface area contributed by atoms with Crippen molar-refractivity contribution in [3.8, 4) is 0 Å². The average molecular weight is 366 g/mol. The van der Waals surface area contributed by atoms with E-state index in [0.29, 0.717) is 10.0 Å². The summed E-state index contributed by atoms with van der Waals surface area (Å²) in [6, 6.07) is 6.00. The first-order valence-corrected chi connectivity index (χ1v) is 8.54. The van der Waals surface area contributed by atoms with E-state index in [0.717, 1.165) is 36.1 Å². The molecule has 0 spiro atoms. The van der Waals surface area contributed by atoms with Crippen molar-refractivity contribution in [2.75, 3.05) is 0 Å². The smallest absolute Gasteiger partial charge is 0.267 e. The zero-order valence-electron chi connectivity index (χ0n) is 13.2. The second-order valence-corrected chi connectivity index (χ2v) is 6.73. The van der Waals surface area contributed by atoms with E-state index < -0.39 is 6.04 Å². The number of aromatic nitrogens is 2. The number of carbonyl (C=O) groups is 1. The van der Waals surface area contributed by atoms with E-state index in [-0.39, 0.29) is 18.0 Å². The van der Waals surface area contributed by atoms with Crippen LogP contribution in [0.5, 0.6) is 0 Å². The molecule has 0 radical (unpaired) electrons. The van der Waals surface area contributed by atoms with Crippen molar-refractivity contribution >= 4 is 29.1 Å². The molecule has 0 bridgehead atoms. The van der Waals surface area contributed by atoms with E-state index in [1.807, 2.05) is 0 Å². The van der Waals surface area contributed by atoms with Crippen molar-refractivity contribution < 1.29 is 4.79 Å². The first kappa shape index (κ1) is 17.0. The van der Waals surface area contributed by atoms with Gasteiger partial charge in [0.05, 0.1) is 5.69 Å². The summed E-state index contributed by atoms with van der Waals surface area (Å²) in [4.78, 5) is 24.5. The number of hydrogen-bond donors (Lipinski definition) is 1. The molecule has 24 heavy (non-hydrogen) atoms. The number of hydrogen-bond acceptors (Lipinski definition) is 3. The Morgan fingerprint density at radius 2 is 2.12 bits per heavy atom. The highest BCUT2D eigenvalue weighted by molar-refractivity contribution is 6.35. The van der Waals surface area contributed by atoms with Crippen molar-refractivity contribution in [1.82, 2.24) is 15.1 Å². The van der Waals surface area contributed by atoms with Crippen molar-refractivity contribution in [3.05, 3.63) is 61.5 Å². The van der Waals surface area contributed by atoms with Crippen LogP contribution in [0.2, 0.25) is 10.0 Å². The van der Waals surface area contributed by atoms with Gasteiger partial charge in [-0.25, -0.2) is 4.68 Å². The molecule has 1 heterocycles. The van der Waals surface area contributed by atoms with Gasteiger partial charge < -0.3 is 5.32 Å². The summed E-state index contributed by atoms with van der Waals surface area (Å²) in [5.74, 6) is -0.284. The third-order valence-corrected chi connectivity index (χ3v) is 4.78. The van der Waals surface area contributed by atoms with Crippen molar-refractivity contribution in [2.24, 2.45) is 0 Å². The summed E-state index contributed by atoms with van der Waals surface area (Å²) < 4.78 is 1.25. The zero-order valence-corrected chi connectivity index (χ0v) is 14.7. The molecule has 1 N–H and O–H groups in total. The Morgan fingerprint density at radius 3 is 2.88 bits per heavy atom. The second kappa shape index (κ2) is 6.95. The Hall–Kier alpha value is -1.85. The third-order valence-electron chi connectivity index (χ3n) is 4.20. The maximum absolute atomic E-state index is 12.4. The number of fused-ring (bicyclic) bond motifs is 1. The number of amides is 1. The zero-order chi connectivity index (χ0) is 17.3. The van der Waals surface area contributed by atoms with Crippen LogP contribution in [0.4, 0.5) is 0 Å². The summed E-state index contributed by atoms with van der Waals surface area (Å²) in [7, 11) is 0. The summed E-state index contributed by atoms with van der Waals surface area (Å²) >= 11 is 12.0. The van der Waals surface area contributed by atoms with Crippen molar-refractivity contribution in [1.29, 1.82) is 0 Å². The number of halogens is 2. The van der Waals surface area contributed by atoms with E-state index in [1.165, 1.54) is 4.68 Å². The third kappa shape index (κ3) is 3.47. The van der Waals surface area contributed by atoms with Gasteiger partial charge in [0.1, 0.15) is 6.04 Å². The molecular formula is C17H17Cl2N3O2. The van der Waals surface area contributed by atoms with Gasteiger partial charge in [-0.15, -0.1) is 0 Å². The molecule has 0 aliphatic heterocycles. The SMILES string of the molecule is CC(C(=O)NCc1ccc(Cl)cc1Cl)n1nc2c(cc1=O)CCC2. The number of benzene rings is 1. The van der Waals surface area contributed by atoms with Crippen LogP contribution in [0.15, 0.2) is 29.1 Å². The monoisotopic (exact) mass is 365 g/mol. The number of rotatable bonds is 4. The lowest BCUT2D eigenvalue weighted by molar-refractivity contribution is -0.124. The highest BCUT2D eigenvalue weighted by Crippen LogP contribution is 2.21. The molecule has 126 valence electrons. The number of nitrogens with zero attached hydrogens (tertiary/aromatic N) is 2. The van der Waals surface area contributed by atoms with E-state index in [1.54, 1.807) is 31.2 Å². The largest absolute Gasteiger partial charge is 0.350 e. The normalized spacial score (nSPS) is 14.3. The number of aryl methyl sites for hydroxylation is 2. The fourth-order valence-electron chi connectivity index (χ4n) is 2.80. The van der Waals surface area contributed by atoms with E-state index in [2.05, 4.69) is 10.4 Å². The van der Waals surface area contributed by atoms with Crippen LogP contribution in [-0.2, 0) is 24.2 Å². The van der Waals surface area contributed by atoms with Gasteiger partial charge >= 0.3 is 0 Å². The Morgan fingerprint density at radius 1 is 1.33 bits per heavy atom. The minimum absolute atomic E-state index is 0.247. The lowest BCUT2D eigenvalue weighted by Gasteiger charge is -2.15. The second-order valence-electron chi connectivity index (χ2n) is 5.88. The van der Waals surface area contributed by atoms with E-state index in [9.17, 15) is 9.59 Å². The standard InChI is InChI=1S/C17H17Cl2N3O2/c1-10(22-16(23)7-11-3-2-4-15(11)21-22)17(24)20-9-12-5-6-13(18)8-14(12)19/h5-8,10H,2-4,9H2,1H3,(H,20,24). The molecule has 7 heteroatoms. The molecule has 0 fully saturated rings. The summed E-state index contributed by atoms with van der Waals surface area (Å²) in [5, 5.41) is 8.17. The maximum atomic E-state index is 12.4. The molecule has 0 saturated heterocycles. The van der Waals surface area contributed by atoms with Gasteiger partial charge in [0, 0.05) is 22.7 Å². The minimum atomic E-state index is -0.686. The first-order chi connectivity index (χ1) is 11.5. The fraction of sp³-hybridized carbons (Fsp3) is 0.353. The van der Waals surface area contributed by atoms with Crippen molar-refractivity contribution in [2.45, 2.75) is 38.8 Å². The quantitative estimate of drug-likeness (QED) is 0.905. The van der Waals surface area contributed by atoms with Gasteiger partial charge in [0.25, 0.3) is 5.56 Å². The van der Waals surface area contributed by atoms with Crippen molar-refractivity contribution in [3.63, 3.8) is 0 Å².